The fourth-order valence-corrected chi connectivity index (χ4v) is 3.68. The number of ether oxygens (including phenoxy) is 1. The molecule has 0 heterocycles. The van der Waals surface area contributed by atoms with Crippen LogP contribution in [0, 0.1) is 0 Å². The summed E-state index contributed by atoms with van der Waals surface area (Å²) in [6.07, 6.45) is 23.5. The van der Waals surface area contributed by atoms with E-state index < -0.39 is 0 Å². The van der Waals surface area contributed by atoms with E-state index in [1.807, 2.05) is 0 Å². The second-order valence-electron chi connectivity index (χ2n) is 8.15. The topological polar surface area (TPSA) is 9.23 Å². The van der Waals surface area contributed by atoms with Crippen molar-refractivity contribution in [2.24, 2.45) is 0 Å². The van der Waals surface area contributed by atoms with Gasteiger partial charge in [-0.05, 0) is 31.2 Å². The Bertz CT molecular complexity index is 386. The van der Waals surface area contributed by atoms with E-state index in [1.54, 1.807) is 0 Å². The van der Waals surface area contributed by atoms with Crippen molar-refractivity contribution in [1.82, 2.24) is 0 Å². The van der Waals surface area contributed by atoms with Gasteiger partial charge in [0.05, 0.1) is 0 Å². The molecule has 0 radical (unpaired) electrons. The van der Waals surface area contributed by atoms with Crippen LogP contribution in [0.4, 0.5) is 0 Å². The zero-order valence-electron chi connectivity index (χ0n) is 18.2. The molecule has 1 heteroatoms. The minimum Gasteiger partial charge on any atom is -0.381 e. The van der Waals surface area contributed by atoms with Crippen LogP contribution in [0.5, 0.6) is 0 Å². The summed E-state index contributed by atoms with van der Waals surface area (Å²) >= 11 is 0. The molecule has 0 fully saturated rings. The molecule has 1 aromatic rings. The molecule has 0 aliphatic heterocycles. The van der Waals surface area contributed by atoms with E-state index >= 15 is 0 Å². The van der Waals surface area contributed by atoms with Crippen LogP contribution in [-0.4, -0.2) is 13.2 Å². The van der Waals surface area contributed by atoms with E-state index in [4.69, 9.17) is 4.74 Å². The number of aryl methyl sites for hydroxylation is 1. The highest BCUT2D eigenvalue weighted by Gasteiger charge is 1.96. The second kappa shape index (κ2) is 19.9. The largest absolute Gasteiger partial charge is 0.381 e. The minimum atomic E-state index is 0.936. The molecule has 0 atom stereocenters. The van der Waals surface area contributed by atoms with Crippen LogP contribution < -0.4 is 0 Å². The SMILES string of the molecule is CCCCCCCCCCCCCCCCOCCCCc1ccccc1. The quantitative estimate of drug-likeness (QED) is 0.208. The molecular weight excluding hydrogens is 328 g/mol. The van der Waals surface area contributed by atoms with Crippen molar-refractivity contribution < 1.29 is 4.74 Å². The van der Waals surface area contributed by atoms with Gasteiger partial charge in [-0.15, -0.1) is 0 Å². The molecule has 1 aromatic carbocycles. The van der Waals surface area contributed by atoms with Gasteiger partial charge in [-0.2, -0.15) is 0 Å². The first-order valence-corrected chi connectivity index (χ1v) is 12.0. The van der Waals surface area contributed by atoms with Gasteiger partial charge in [0.25, 0.3) is 0 Å². The predicted octanol–water partition coefficient (Wildman–Crippen LogP) is 8.51. The zero-order valence-corrected chi connectivity index (χ0v) is 18.2. The molecule has 0 spiro atoms. The Kier molecular flexibility index (Phi) is 17.9. The molecule has 1 rings (SSSR count). The van der Waals surface area contributed by atoms with E-state index in [-0.39, 0.29) is 0 Å². The van der Waals surface area contributed by atoms with Crippen molar-refractivity contribution in [3.63, 3.8) is 0 Å². The van der Waals surface area contributed by atoms with Crippen molar-refractivity contribution in [3.8, 4) is 0 Å². The summed E-state index contributed by atoms with van der Waals surface area (Å²) in [5.41, 5.74) is 1.45. The molecular formula is C26H46O. The summed E-state index contributed by atoms with van der Waals surface area (Å²) in [6, 6.07) is 10.8. The summed E-state index contributed by atoms with van der Waals surface area (Å²) < 4.78 is 5.78. The van der Waals surface area contributed by atoms with Crippen LogP contribution in [-0.2, 0) is 11.2 Å². The van der Waals surface area contributed by atoms with Crippen molar-refractivity contribution in [2.45, 2.75) is 116 Å². The Morgan fingerprint density at radius 2 is 0.963 bits per heavy atom. The maximum Gasteiger partial charge on any atom is 0.0466 e. The van der Waals surface area contributed by atoms with Crippen LogP contribution in [0.15, 0.2) is 30.3 Å². The average molecular weight is 375 g/mol. The zero-order chi connectivity index (χ0) is 19.3. The Morgan fingerprint density at radius 3 is 1.48 bits per heavy atom. The average Bonchev–Trinajstić information content (AvgIpc) is 2.70. The molecule has 0 aliphatic rings. The van der Waals surface area contributed by atoms with Crippen LogP contribution in [0.3, 0.4) is 0 Å². The van der Waals surface area contributed by atoms with Gasteiger partial charge in [0.2, 0.25) is 0 Å². The molecule has 1 nitrogen and oxygen atoms in total. The predicted molar refractivity (Wildman–Crippen MR) is 121 cm³/mol. The Hall–Kier alpha value is -0.820. The number of benzene rings is 1. The number of hydrogen-bond acceptors (Lipinski definition) is 1. The highest BCUT2D eigenvalue weighted by atomic mass is 16.5. The van der Waals surface area contributed by atoms with Gasteiger partial charge in [-0.1, -0.05) is 121 Å². The summed E-state index contributed by atoms with van der Waals surface area (Å²) in [6.45, 7) is 4.19. The molecule has 0 N–H and O–H groups in total. The van der Waals surface area contributed by atoms with Crippen molar-refractivity contribution >= 4 is 0 Å². The van der Waals surface area contributed by atoms with Crippen LogP contribution in [0.1, 0.15) is 115 Å². The Labute approximate surface area is 170 Å². The molecule has 0 amide bonds. The monoisotopic (exact) mass is 374 g/mol. The molecule has 0 saturated heterocycles. The molecule has 0 unspecified atom stereocenters. The highest BCUT2D eigenvalue weighted by Crippen LogP contribution is 2.13. The first-order chi connectivity index (χ1) is 13.4. The maximum absolute atomic E-state index is 5.78. The van der Waals surface area contributed by atoms with E-state index in [2.05, 4.69) is 37.3 Å². The molecule has 0 saturated carbocycles. The van der Waals surface area contributed by atoms with Gasteiger partial charge in [0, 0.05) is 13.2 Å². The number of unbranched alkanes of at least 4 members (excludes halogenated alkanes) is 14. The van der Waals surface area contributed by atoms with Gasteiger partial charge in [0.15, 0.2) is 0 Å². The van der Waals surface area contributed by atoms with Gasteiger partial charge in [-0.3, -0.25) is 0 Å². The maximum atomic E-state index is 5.78. The molecule has 27 heavy (non-hydrogen) atoms. The van der Waals surface area contributed by atoms with E-state index in [0.717, 1.165) is 13.2 Å². The number of hydrogen-bond donors (Lipinski definition) is 0. The van der Waals surface area contributed by atoms with Crippen LogP contribution in [0.25, 0.3) is 0 Å². The van der Waals surface area contributed by atoms with Crippen molar-refractivity contribution in [1.29, 1.82) is 0 Å². The van der Waals surface area contributed by atoms with Gasteiger partial charge in [0.1, 0.15) is 0 Å². The summed E-state index contributed by atoms with van der Waals surface area (Å²) in [5.74, 6) is 0. The molecule has 0 aromatic heterocycles. The summed E-state index contributed by atoms with van der Waals surface area (Å²) in [5, 5.41) is 0. The second-order valence-corrected chi connectivity index (χ2v) is 8.15. The fraction of sp³-hybridized carbons (Fsp3) is 0.769. The van der Waals surface area contributed by atoms with E-state index in [9.17, 15) is 0 Å². The van der Waals surface area contributed by atoms with E-state index in [0.29, 0.717) is 0 Å². The van der Waals surface area contributed by atoms with Gasteiger partial charge >= 0.3 is 0 Å². The van der Waals surface area contributed by atoms with Crippen LogP contribution >= 0.6 is 0 Å². The third-order valence-electron chi connectivity index (χ3n) is 5.49. The third kappa shape index (κ3) is 17.0. The Morgan fingerprint density at radius 1 is 0.519 bits per heavy atom. The van der Waals surface area contributed by atoms with Crippen molar-refractivity contribution in [3.05, 3.63) is 35.9 Å². The molecule has 0 bridgehead atoms. The first kappa shape index (κ1) is 24.2. The van der Waals surface area contributed by atoms with Gasteiger partial charge in [-0.25, -0.2) is 0 Å². The smallest absolute Gasteiger partial charge is 0.0466 e. The summed E-state index contributed by atoms with van der Waals surface area (Å²) in [7, 11) is 0. The lowest BCUT2D eigenvalue weighted by Crippen LogP contribution is -1.98. The first-order valence-electron chi connectivity index (χ1n) is 12.0. The molecule has 156 valence electrons. The third-order valence-corrected chi connectivity index (χ3v) is 5.49. The lowest BCUT2D eigenvalue weighted by molar-refractivity contribution is 0.126. The van der Waals surface area contributed by atoms with Crippen molar-refractivity contribution in [2.75, 3.05) is 13.2 Å². The molecule has 0 aliphatic carbocycles. The Balaban J connectivity index is 1.67. The standard InChI is InChI=1S/C26H46O/c1-2-3-4-5-6-7-8-9-10-11-12-13-14-19-24-27-25-20-18-23-26-21-16-15-17-22-26/h15-17,21-22H,2-14,18-20,23-25H2,1H3. The van der Waals surface area contributed by atoms with Gasteiger partial charge < -0.3 is 4.74 Å². The normalized spacial score (nSPS) is 11.1. The number of rotatable bonds is 20. The fourth-order valence-electron chi connectivity index (χ4n) is 3.68. The van der Waals surface area contributed by atoms with E-state index in [1.165, 1.54) is 115 Å². The minimum absolute atomic E-state index is 0.936. The lowest BCUT2D eigenvalue weighted by Gasteiger charge is -2.05. The lowest BCUT2D eigenvalue weighted by atomic mass is 10.0. The van der Waals surface area contributed by atoms with Crippen LogP contribution in [0.2, 0.25) is 0 Å². The summed E-state index contributed by atoms with van der Waals surface area (Å²) in [4.78, 5) is 0. The highest BCUT2D eigenvalue weighted by molar-refractivity contribution is 5.14.